The normalized spacial score (nSPS) is 22.6. The molecule has 44 heavy (non-hydrogen) atoms. The number of rotatable bonds is 14. The molecule has 3 heterocycles. The molecule has 0 spiro atoms. The number of ether oxygens (including phenoxy) is 4. The number of amides is 1. The fourth-order valence-electron chi connectivity index (χ4n) is 6.48. The second kappa shape index (κ2) is 13.6. The Morgan fingerprint density at radius 3 is 2.64 bits per heavy atom. The molecule has 1 amide bonds. The van der Waals surface area contributed by atoms with Gasteiger partial charge in [-0.3, -0.25) is 0 Å². The third-order valence-electron chi connectivity index (χ3n) is 8.70. The molecule has 5 atom stereocenters. The van der Waals surface area contributed by atoms with Crippen molar-refractivity contribution in [2.75, 3.05) is 39.6 Å². The van der Waals surface area contributed by atoms with E-state index in [0.717, 1.165) is 10.5 Å². The van der Waals surface area contributed by atoms with Crippen molar-refractivity contribution in [2.45, 2.75) is 68.9 Å². The van der Waals surface area contributed by atoms with Crippen LogP contribution >= 0.6 is 0 Å². The monoisotopic (exact) mass is 632 g/mol. The molecule has 0 radical (unpaired) electrons. The standard InChI is InChI=1S/C31H43N3O9S/c1-31(2,13-7-14-32)19-33(44(38,39)27-11-6-10-26-28(27)43-20-42-26)17-25(35)23(16-21-8-4-3-5-9-21)34(30(36)37)24-18-41-29-22(24)12-15-40-29/h3-6,8-11,22-25,29,35H,7,12-20,32H2,1-2H3,(H,36,37)/p-1/t22-,23-,24-,25+,29+/m0/s1. The molecule has 3 aliphatic rings. The molecule has 3 aliphatic heterocycles. The Kier molecular flexibility index (Phi) is 10.0. The van der Waals surface area contributed by atoms with E-state index in [1.807, 2.05) is 44.2 Å². The number of aliphatic hydroxyl groups excluding tert-OH is 1. The number of nitrogens with two attached hydrogens (primary N) is 1. The van der Waals surface area contributed by atoms with Crippen LogP contribution in [0, 0.1) is 11.3 Å². The predicted octanol–water partition coefficient (Wildman–Crippen LogP) is 1.55. The van der Waals surface area contributed by atoms with Gasteiger partial charge in [-0.25, -0.2) is 8.42 Å². The number of carbonyl (C=O) groups excluding carboxylic acids is 1. The summed E-state index contributed by atoms with van der Waals surface area (Å²) in [6, 6.07) is 12.2. The lowest BCUT2D eigenvalue weighted by Gasteiger charge is -2.43. The zero-order valence-corrected chi connectivity index (χ0v) is 26.0. The fourth-order valence-corrected chi connectivity index (χ4v) is 8.27. The summed E-state index contributed by atoms with van der Waals surface area (Å²) in [5.41, 5.74) is 6.04. The molecular weight excluding hydrogens is 590 g/mol. The Bertz CT molecular complexity index is 1390. The van der Waals surface area contributed by atoms with Gasteiger partial charge in [-0.15, -0.1) is 0 Å². The number of nitrogens with zero attached hydrogens (tertiary/aromatic N) is 2. The molecule has 2 aromatic rings. The van der Waals surface area contributed by atoms with Gasteiger partial charge in [0, 0.05) is 19.0 Å². The summed E-state index contributed by atoms with van der Waals surface area (Å²) in [6.45, 7) is 4.42. The van der Waals surface area contributed by atoms with Crippen LogP contribution in [0.3, 0.4) is 0 Å². The topological polar surface area (TPSA) is 164 Å². The molecule has 2 fully saturated rings. The van der Waals surface area contributed by atoms with Gasteiger partial charge >= 0.3 is 0 Å². The van der Waals surface area contributed by atoms with Crippen molar-refractivity contribution in [3.8, 4) is 11.5 Å². The maximum absolute atomic E-state index is 14.3. The molecule has 3 N–H and O–H groups in total. The lowest BCUT2D eigenvalue weighted by atomic mass is 9.87. The molecule has 242 valence electrons. The van der Waals surface area contributed by atoms with Crippen LogP contribution in [0.2, 0.25) is 0 Å². The number of carboxylic acid groups (broad SMARTS) is 1. The zero-order valence-electron chi connectivity index (χ0n) is 25.2. The van der Waals surface area contributed by atoms with Crippen molar-refractivity contribution in [3.63, 3.8) is 0 Å². The largest absolute Gasteiger partial charge is 0.530 e. The first-order valence-corrected chi connectivity index (χ1v) is 16.5. The molecule has 2 aromatic carbocycles. The first-order valence-electron chi connectivity index (χ1n) is 15.0. The molecule has 0 aliphatic carbocycles. The van der Waals surface area contributed by atoms with Crippen LogP contribution in [0.1, 0.15) is 38.7 Å². The Morgan fingerprint density at radius 1 is 1.14 bits per heavy atom. The molecule has 5 rings (SSSR count). The first kappa shape index (κ1) is 32.5. The Balaban J connectivity index is 1.51. The van der Waals surface area contributed by atoms with Gasteiger partial charge in [0.05, 0.1) is 31.4 Å². The van der Waals surface area contributed by atoms with Gasteiger partial charge < -0.3 is 44.6 Å². The van der Waals surface area contributed by atoms with Crippen molar-refractivity contribution in [1.29, 1.82) is 0 Å². The number of hydrogen-bond acceptors (Lipinski definition) is 10. The van der Waals surface area contributed by atoms with Gasteiger partial charge in [0.1, 0.15) is 11.0 Å². The average Bonchev–Trinajstić information content (AvgIpc) is 3.74. The summed E-state index contributed by atoms with van der Waals surface area (Å²) in [7, 11) is -4.25. The maximum atomic E-state index is 14.3. The third kappa shape index (κ3) is 6.98. The zero-order chi connectivity index (χ0) is 31.5. The van der Waals surface area contributed by atoms with Crippen molar-refractivity contribution in [3.05, 3.63) is 54.1 Å². The molecule has 0 saturated carbocycles. The van der Waals surface area contributed by atoms with Crippen molar-refractivity contribution >= 4 is 16.1 Å². The highest BCUT2D eigenvalue weighted by atomic mass is 32.2. The van der Waals surface area contributed by atoms with Crippen molar-refractivity contribution in [2.24, 2.45) is 17.1 Å². The lowest BCUT2D eigenvalue weighted by Crippen LogP contribution is -2.61. The van der Waals surface area contributed by atoms with E-state index >= 15 is 0 Å². The highest BCUT2D eigenvalue weighted by Crippen LogP contribution is 2.40. The number of sulfonamides is 1. The highest BCUT2D eigenvalue weighted by molar-refractivity contribution is 7.89. The van der Waals surface area contributed by atoms with Crippen molar-refractivity contribution in [1.82, 2.24) is 9.21 Å². The Labute approximate surface area is 258 Å². The molecule has 2 saturated heterocycles. The van der Waals surface area contributed by atoms with E-state index in [0.29, 0.717) is 38.2 Å². The van der Waals surface area contributed by atoms with E-state index < -0.39 is 46.0 Å². The summed E-state index contributed by atoms with van der Waals surface area (Å²) in [4.78, 5) is 13.9. The number of benzene rings is 2. The van der Waals surface area contributed by atoms with E-state index in [4.69, 9.17) is 24.7 Å². The number of para-hydroxylation sites is 1. The number of hydrogen-bond donors (Lipinski definition) is 2. The van der Waals surface area contributed by atoms with Crippen LogP contribution in [-0.2, 0) is 25.9 Å². The van der Waals surface area contributed by atoms with Crippen molar-refractivity contribution < 1.29 is 42.4 Å². The fraction of sp³-hybridized carbons (Fsp3) is 0.581. The van der Waals surface area contributed by atoms with E-state index in [9.17, 15) is 23.4 Å². The number of carbonyl (C=O) groups is 1. The van der Waals surface area contributed by atoms with Crippen LogP contribution in [0.5, 0.6) is 11.5 Å². The molecule has 0 bridgehead atoms. The number of aliphatic hydroxyl groups is 1. The van der Waals surface area contributed by atoms with E-state index in [-0.39, 0.29) is 49.5 Å². The molecule has 0 unspecified atom stereocenters. The van der Waals surface area contributed by atoms with Gasteiger partial charge in [-0.2, -0.15) is 4.31 Å². The van der Waals surface area contributed by atoms with Gasteiger partial charge in [-0.05, 0) is 55.3 Å². The predicted molar refractivity (Wildman–Crippen MR) is 158 cm³/mol. The van der Waals surface area contributed by atoms with Gasteiger partial charge in [0.25, 0.3) is 0 Å². The van der Waals surface area contributed by atoms with Crippen LogP contribution in [0.25, 0.3) is 0 Å². The van der Waals surface area contributed by atoms with Crippen LogP contribution in [0.4, 0.5) is 4.79 Å². The van der Waals surface area contributed by atoms with E-state index in [2.05, 4.69) is 0 Å². The molecular formula is C31H42N3O9S-. The second-order valence-corrected chi connectivity index (χ2v) is 14.3. The molecule has 0 aromatic heterocycles. The van der Waals surface area contributed by atoms with E-state index in [1.165, 1.54) is 10.4 Å². The summed E-state index contributed by atoms with van der Waals surface area (Å²) in [6.07, 6.45) is -1.36. The van der Waals surface area contributed by atoms with Gasteiger partial charge in [0.2, 0.25) is 16.8 Å². The summed E-state index contributed by atoms with van der Waals surface area (Å²) >= 11 is 0. The van der Waals surface area contributed by atoms with Crippen LogP contribution in [-0.4, -0.2) is 92.9 Å². The highest BCUT2D eigenvalue weighted by Gasteiger charge is 2.48. The van der Waals surface area contributed by atoms with Gasteiger partial charge in [-0.1, -0.05) is 50.2 Å². The van der Waals surface area contributed by atoms with Gasteiger partial charge in [0.15, 0.2) is 17.8 Å². The average molecular weight is 633 g/mol. The summed E-state index contributed by atoms with van der Waals surface area (Å²) in [5.74, 6) is 0.199. The SMILES string of the molecule is CC(C)(CCCN)CN(C[C@@H](O)[C@H](Cc1ccccc1)N(C(=O)[O-])[C@H]1CO[C@H]2OCC[C@H]21)S(=O)(=O)c1cccc2c1OCO2. The summed E-state index contributed by atoms with van der Waals surface area (Å²) in [5, 5.41) is 24.8. The quantitative estimate of drug-likeness (QED) is 0.312. The minimum absolute atomic E-state index is 0.0470. The second-order valence-electron chi connectivity index (χ2n) is 12.4. The first-order chi connectivity index (χ1) is 21.0. The molecule has 13 heteroatoms. The number of fused-ring (bicyclic) bond motifs is 2. The maximum Gasteiger partial charge on any atom is 0.247 e. The van der Waals surface area contributed by atoms with Crippen LogP contribution in [0.15, 0.2) is 53.4 Å². The summed E-state index contributed by atoms with van der Waals surface area (Å²) < 4.78 is 52.3. The minimum Gasteiger partial charge on any atom is -0.530 e. The van der Waals surface area contributed by atoms with E-state index in [1.54, 1.807) is 12.1 Å². The van der Waals surface area contributed by atoms with Crippen LogP contribution < -0.4 is 20.3 Å². The Hall–Kier alpha value is -2.94. The minimum atomic E-state index is -4.25. The Morgan fingerprint density at radius 2 is 1.91 bits per heavy atom. The lowest BCUT2D eigenvalue weighted by molar-refractivity contribution is -0.273. The molecule has 12 nitrogen and oxygen atoms in total. The third-order valence-corrected chi connectivity index (χ3v) is 10.5. The smallest absolute Gasteiger partial charge is 0.247 e.